The molecule has 0 saturated heterocycles. The number of benzene rings is 2. The van der Waals surface area contributed by atoms with Crippen molar-refractivity contribution in [1.29, 1.82) is 0 Å². The second-order valence-electron chi connectivity index (χ2n) is 6.02. The summed E-state index contributed by atoms with van der Waals surface area (Å²) >= 11 is 0. The fourth-order valence-corrected chi connectivity index (χ4v) is 3.43. The summed E-state index contributed by atoms with van der Waals surface area (Å²) < 4.78 is 13.9. The van der Waals surface area contributed by atoms with E-state index in [9.17, 15) is 4.39 Å². The first-order valence-corrected chi connectivity index (χ1v) is 7.04. The highest BCUT2D eigenvalue weighted by Gasteiger charge is 2.36. The Morgan fingerprint density at radius 1 is 1.05 bits per heavy atom. The quantitative estimate of drug-likeness (QED) is 0.838. The van der Waals surface area contributed by atoms with Gasteiger partial charge >= 0.3 is 0 Å². The van der Waals surface area contributed by atoms with Crippen LogP contribution in [0.5, 0.6) is 0 Å². The van der Waals surface area contributed by atoms with E-state index in [-0.39, 0.29) is 17.3 Å². The molecule has 1 atom stereocenters. The molecule has 0 amide bonds. The third-order valence-corrected chi connectivity index (χ3v) is 4.74. The van der Waals surface area contributed by atoms with E-state index >= 15 is 0 Å². The number of fused-ring (bicyclic) bond motifs is 1. The normalized spacial score (nSPS) is 19.7. The smallest absolute Gasteiger partial charge is 0.131 e. The average molecular weight is 257 g/mol. The van der Waals surface area contributed by atoms with E-state index in [1.165, 1.54) is 25.7 Å². The molecule has 1 nitrogen and oxygen atoms in total. The molecular formula is C17H20FN. The molecule has 1 aliphatic carbocycles. The minimum absolute atomic E-state index is 0.0134. The van der Waals surface area contributed by atoms with Crippen LogP contribution in [0.15, 0.2) is 36.4 Å². The number of hydrogen-bond donors (Lipinski definition) is 1. The van der Waals surface area contributed by atoms with E-state index in [0.717, 1.165) is 10.9 Å². The molecule has 0 aromatic heterocycles. The Hall–Kier alpha value is -1.41. The van der Waals surface area contributed by atoms with Crippen molar-refractivity contribution in [2.24, 2.45) is 11.1 Å². The van der Waals surface area contributed by atoms with Crippen molar-refractivity contribution in [2.75, 3.05) is 0 Å². The summed E-state index contributed by atoms with van der Waals surface area (Å²) in [6.07, 6.45) is 4.84. The maximum atomic E-state index is 13.9. The van der Waals surface area contributed by atoms with E-state index in [0.29, 0.717) is 5.39 Å². The molecule has 2 heteroatoms. The Labute approximate surface area is 113 Å². The predicted octanol–water partition coefficient (Wildman–Crippen LogP) is 4.56. The van der Waals surface area contributed by atoms with Gasteiger partial charge in [0.25, 0.3) is 0 Å². The zero-order chi connectivity index (χ0) is 13.5. The summed E-state index contributed by atoms with van der Waals surface area (Å²) in [5.41, 5.74) is 7.77. The third kappa shape index (κ3) is 2.04. The van der Waals surface area contributed by atoms with Crippen molar-refractivity contribution in [3.8, 4) is 0 Å². The Balaban J connectivity index is 2.12. The molecule has 100 valence electrons. The van der Waals surface area contributed by atoms with Gasteiger partial charge in [-0.1, -0.05) is 50.1 Å². The van der Waals surface area contributed by atoms with Crippen LogP contribution in [0.4, 0.5) is 4.39 Å². The van der Waals surface area contributed by atoms with Crippen LogP contribution in [-0.4, -0.2) is 0 Å². The van der Waals surface area contributed by atoms with Crippen LogP contribution >= 0.6 is 0 Å². The van der Waals surface area contributed by atoms with E-state index in [1.54, 1.807) is 6.07 Å². The van der Waals surface area contributed by atoms with Crippen LogP contribution in [0.25, 0.3) is 10.8 Å². The molecule has 2 N–H and O–H groups in total. The molecule has 2 aromatic rings. The average Bonchev–Trinajstić information content (AvgIpc) is 2.87. The highest BCUT2D eigenvalue weighted by Crippen LogP contribution is 2.47. The lowest BCUT2D eigenvalue weighted by Crippen LogP contribution is -2.29. The van der Waals surface area contributed by atoms with E-state index in [4.69, 9.17) is 5.73 Å². The van der Waals surface area contributed by atoms with E-state index in [2.05, 4.69) is 6.92 Å². The van der Waals surface area contributed by atoms with Gasteiger partial charge in [-0.25, -0.2) is 4.39 Å². The van der Waals surface area contributed by atoms with Gasteiger partial charge in [0.2, 0.25) is 0 Å². The van der Waals surface area contributed by atoms with Gasteiger partial charge in [0.05, 0.1) is 0 Å². The highest BCUT2D eigenvalue weighted by molar-refractivity contribution is 5.86. The molecule has 19 heavy (non-hydrogen) atoms. The van der Waals surface area contributed by atoms with Crippen molar-refractivity contribution in [1.82, 2.24) is 0 Å². The number of nitrogens with two attached hydrogens (primary N) is 1. The SMILES string of the molecule is CC1(C(N)c2ccc(F)c3ccccc23)CCCC1. The Bertz CT molecular complexity index is 599. The second kappa shape index (κ2) is 4.61. The Kier molecular flexibility index (Phi) is 3.06. The topological polar surface area (TPSA) is 26.0 Å². The first-order chi connectivity index (χ1) is 9.12. The first kappa shape index (κ1) is 12.6. The summed E-state index contributed by atoms with van der Waals surface area (Å²) in [5.74, 6) is -0.164. The molecule has 1 aliphatic rings. The molecule has 1 saturated carbocycles. The molecule has 3 rings (SSSR count). The van der Waals surface area contributed by atoms with Gasteiger partial charge in [0, 0.05) is 11.4 Å². The second-order valence-corrected chi connectivity index (χ2v) is 6.02. The molecule has 0 aliphatic heterocycles. The number of halogens is 1. The van der Waals surface area contributed by atoms with Gasteiger partial charge in [-0.2, -0.15) is 0 Å². The molecule has 0 radical (unpaired) electrons. The minimum Gasteiger partial charge on any atom is -0.323 e. The Morgan fingerprint density at radius 2 is 1.68 bits per heavy atom. The van der Waals surface area contributed by atoms with Gasteiger partial charge in [0.15, 0.2) is 0 Å². The highest BCUT2D eigenvalue weighted by atomic mass is 19.1. The fraction of sp³-hybridized carbons (Fsp3) is 0.412. The van der Waals surface area contributed by atoms with Crippen molar-refractivity contribution < 1.29 is 4.39 Å². The maximum absolute atomic E-state index is 13.9. The lowest BCUT2D eigenvalue weighted by molar-refractivity contribution is 0.266. The standard InChI is InChI=1S/C17H20FN/c1-17(10-4-5-11-17)16(19)14-8-9-15(18)13-7-3-2-6-12(13)14/h2-3,6-9,16H,4-5,10-11,19H2,1H3. The van der Waals surface area contributed by atoms with Crippen LogP contribution in [0.2, 0.25) is 0 Å². The zero-order valence-electron chi connectivity index (χ0n) is 11.3. The molecule has 0 bridgehead atoms. The Morgan fingerprint density at radius 3 is 2.37 bits per heavy atom. The molecule has 1 unspecified atom stereocenters. The van der Waals surface area contributed by atoms with Crippen molar-refractivity contribution >= 4 is 10.8 Å². The maximum Gasteiger partial charge on any atom is 0.131 e. The molecule has 0 spiro atoms. The monoisotopic (exact) mass is 257 g/mol. The van der Waals surface area contributed by atoms with Gasteiger partial charge in [-0.05, 0) is 35.3 Å². The summed E-state index contributed by atoms with van der Waals surface area (Å²) in [6, 6.07) is 11.0. The molecule has 1 fully saturated rings. The van der Waals surface area contributed by atoms with Crippen LogP contribution < -0.4 is 5.73 Å². The third-order valence-electron chi connectivity index (χ3n) is 4.74. The van der Waals surface area contributed by atoms with Gasteiger partial charge in [0.1, 0.15) is 5.82 Å². The molecule has 2 aromatic carbocycles. The summed E-state index contributed by atoms with van der Waals surface area (Å²) in [7, 11) is 0. The molecular weight excluding hydrogens is 237 g/mol. The van der Waals surface area contributed by atoms with Crippen molar-refractivity contribution in [3.05, 3.63) is 47.8 Å². The number of hydrogen-bond acceptors (Lipinski definition) is 1. The van der Waals surface area contributed by atoms with Crippen LogP contribution in [0.3, 0.4) is 0 Å². The first-order valence-electron chi connectivity index (χ1n) is 7.04. The lowest BCUT2D eigenvalue weighted by Gasteiger charge is -2.32. The lowest BCUT2D eigenvalue weighted by atomic mass is 9.76. The van der Waals surface area contributed by atoms with Crippen LogP contribution in [0.1, 0.15) is 44.2 Å². The minimum atomic E-state index is -0.164. The van der Waals surface area contributed by atoms with Gasteiger partial charge in [-0.3, -0.25) is 0 Å². The fourth-order valence-electron chi connectivity index (χ4n) is 3.43. The summed E-state index contributed by atoms with van der Waals surface area (Å²) in [6.45, 7) is 2.27. The van der Waals surface area contributed by atoms with Gasteiger partial charge in [-0.15, -0.1) is 0 Å². The summed E-state index contributed by atoms with van der Waals surface area (Å²) in [4.78, 5) is 0. The molecule has 0 heterocycles. The van der Waals surface area contributed by atoms with Crippen molar-refractivity contribution in [3.63, 3.8) is 0 Å². The van der Waals surface area contributed by atoms with E-state index < -0.39 is 0 Å². The van der Waals surface area contributed by atoms with Gasteiger partial charge < -0.3 is 5.73 Å². The number of rotatable bonds is 2. The van der Waals surface area contributed by atoms with Crippen LogP contribution in [0, 0.1) is 11.2 Å². The summed E-state index contributed by atoms with van der Waals surface area (Å²) in [5, 5.41) is 1.64. The van der Waals surface area contributed by atoms with Crippen LogP contribution in [-0.2, 0) is 0 Å². The predicted molar refractivity (Wildman–Crippen MR) is 77.4 cm³/mol. The largest absolute Gasteiger partial charge is 0.323 e. The van der Waals surface area contributed by atoms with E-state index in [1.807, 2.05) is 30.3 Å². The zero-order valence-corrected chi connectivity index (χ0v) is 11.3. The van der Waals surface area contributed by atoms with Crippen molar-refractivity contribution in [2.45, 2.75) is 38.6 Å².